The second-order valence-corrected chi connectivity index (χ2v) is 3.99. The summed E-state index contributed by atoms with van der Waals surface area (Å²) in [5.74, 6) is 0.0741. The Bertz CT molecular complexity index is 191. The lowest BCUT2D eigenvalue weighted by molar-refractivity contribution is -0.127. The van der Waals surface area contributed by atoms with E-state index in [9.17, 15) is 4.79 Å². The Hall–Kier alpha value is -0.650. The first-order valence-electron chi connectivity index (χ1n) is 5.54. The minimum Gasteiger partial charge on any atom is -0.379 e. The highest BCUT2D eigenvalue weighted by Gasteiger charge is 2.12. The van der Waals surface area contributed by atoms with Crippen LogP contribution in [-0.2, 0) is 9.53 Å². The molecular weight excluding hydrogens is 194 g/mol. The molecule has 88 valence electrons. The van der Waals surface area contributed by atoms with Gasteiger partial charge in [0.05, 0.1) is 13.2 Å². The lowest BCUT2D eigenvalue weighted by atomic mass is 10.3. The number of rotatable bonds is 5. The van der Waals surface area contributed by atoms with E-state index >= 15 is 0 Å². The van der Waals surface area contributed by atoms with Crippen molar-refractivity contribution in [1.82, 2.24) is 15.8 Å². The molecule has 5 heteroatoms. The molecule has 0 aromatic carbocycles. The molecule has 1 saturated heterocycles. The van der Waals surface area contributed by atoms with Crippen molar-refractivity contribution in [3.63, 3.8) is 0 Å². The highest BCUT2D eigenvalue weighted by molar-refractivity contribution is 5.75. The van der Waals surface area contributed by atoms with Crippen molar-refractivity contribution in [1.29, 1.82) is 0 Å². The molecule has 0 aromatic rings. The molecule has 15 heavy (non-hydrogen) atoms. The topological polar surface area (TPSA) is 53.6 Å². The van der Waals surface area contributed by atoms with Gasteiger partial charge < -0.3 is 10.1 Å². The summed E-state index contributed by atoms with van der Waals surface area (Å²) in [5, 5.41) is 5.13. The van der Waals surface area contributed by atoms with Crippen LogP contribution in [0.5, 0.6) is 0 Å². The van der Waals surface area contributed by atoms with E-state index in [1.807, 2.05) is 5.01 Å². The smallest absolute Gasteiger partial charge is 0.235 e. The lowest BCUT2D eigenvalue weighted by Gasteiger charge is -2.26. The number of carbonyl (C=O) groups excluding carboxylic acids is 1. The van der Waals surface area contributed by atoms with Crippen LogP contribution < -0.4 is 10.7 Å². The van der Waals surface area contributed by atoms with E-state index in [1.54, 1.807) is 0 Å². The predicted octanol–water partition coefficient (Wildman–Crippen LogP) is -0.262. The number of nitrogens with one attached hydrogen (secondary N) is 2. The predicted molar refractivity (Wildman–Crippen MR) is 58.3 cm³/mol. The molecule has 2 N–H and O–H groups in total. The van der Waals surface area contributed by atoms with E-state index in [0.29, 0.717) is 25.7 Å². The van der Waals surface area contributed by atoms with Crippen LogP contribution in [0.1, 0.15) is 20.3 Å². The summed E-state index contributed by atoms with van der Waals surface area (Å²) in [6, 6.07) is 0.432. The molecule has 0 radical (unpaired) electrons. The minimum absolute atomic E-state index is 0.0741. The molecule has 1 aliphatic rings. The second-order valence-electron chi connectivity index (χ2n) is 3.99. The van der Waals surface area contributed by atoms with Gasteiger partial charge in [0.1, 0.15) is 0 Å². The maximum absolute atomic E-state index is 11.5. The van der Waals surface area contributed by atoms with Gasteiger partial charge in [-0.25, -0.2) is 5.01 Å². The van der Waals surface area contributed by atoms with Crippen LogP contribution in [-0.4, -0.2) is 49.8 Å². The maximum Gasteiger partial charge on any atom is 0.235 e. The summed E-state index contributed by atoms with van der Waals surface area (Å²) in [4.78, 5) is 11.5. The lowest BCUT2D eigenvalue weighted by Crippen LogP contribution is -2.48. The summed E-state index contributed by atoms with van der Waals surface area (Å²) in [6.07, 6.45) is 0.523. The van der Waals surface area contributed by atoms with Crippen molar-refractivity contribution >= 4 is 5.91 Å². The Labute approximate surface area is 91.1 Å². The van der Waals surface area contributed by atoms with E-state index in [4.69, 9.17) is 4.74 Å². The molecule has 0 aliphatic carbocycles. The Morgan fingerprint density at radius 3 is 2.67 bits per heavy atom. The number of ether oxygens (including phenoxy) is 1. The highest BCUT2D eigenvalue weighted by atomic mass is 16.5. The van der Waals surface area contributed by atoms with Crippen molar-refractivity contribution in [2.45, 2.75) is 26.3 Å². The van der Waals surface area contributed by atoms with E-state index < -0.39 is 0 Å². The van der Waals surface area contributed by atoms with Crippen molar-refractivity contribution in [2.75, 3.05) is 32.8 Å². The first-order chi connectivity index (χ1) is 7.18. The van der Waals surface area contributed by atoms with Gasteiger partial charge in [0.25, 0.3) is 0 Å². The van der Waals surface area contributed by atoms with Gasteiger partial charge in [0.2, 0.25) is 5.91 Å². The van der Waals surface area contributed by atoms with Gasteiger partial charge in [-0.15, -0.1) is 0 Å². The van der Waals surface area contributed by atoms with Gasteiger partial charge in [-0.3, -0.25) is 10.2 Å². The summed E-state index contributed by atoms with van der Waals surface area (Å²) in [6.45, 7) is 7.83. The number of hydrazine groups is 1. The normalized spacial score (nSPS) is 18.1. The SMILES string of the molecule is CC(C)NCCC(=O)NN1CCOCC1. The third kappa shape index (κ3) is 5.71. The zero-order valence-corrected chi connectivity index (χ0v) is 9.58. The molecule has 0 spiro atoms. The fraction of sp³-hybridized carbons (Fsp3) is 0.900. The summed E-state index contributed by atoms with van der Waals surface area (Å²) >= 11 is 0. The number of hydrogen-bond acceptors (Lipinski definition) is 4. The monoisotopic (exact) mass is 215 g/mol. The molecule has 0 atom stereocenters. The first kappa shape index (κ1) is 12.4. The van der Waals surface area contributed by atoms with Crippen LogP contribution in [0.25, 0.3) is 0 Å². The highest BCUT2D eigenvalue weighted by Crippen LogP contribution is 1.93. The van der Waals surface area contributed by atoms with Crippen LogP contribution in [0.3, 0.4) is 0 Å². The van der Waals surface area contributed by atoms with Gasteiger partial charge in [-0.2, -0.15) is 0 Å². The van der Waals surface area contributed by atoms with Crippen LogP contribution >= 0.6 is 0 Å². The number of hydrogen-bond donors (Lipinski definition) is 2. The van der Waals surface area contributed by atoms with Gasteiger partial charge in [0, 0.05) is 32.1 Å². The molecule has 1 fully saturated rings. The van der Waals surface area contributed by atoms with Crippen LogP contribution in [0.4, 0.5) is 0 Å². The largest absolute Gasteiger partial charge is 0.379 e. The molecule has 5 nitrogen and oxygen atoms in total. The summed E-state index contributed by atoms with van der Waals surface area (Å²) in [7, 11) is 0. The zero-order chi connectivity index (χ0) is 11.1. The molecule has 1 heterocycles. The van der Waals surface area contributed by atoms with Crippen molar-refractivity contribution < 1.29 is 9.53 Å². The molecule has 1 amide bonds. The molecular formula is C10H21N3O2. The van der Waals surface area contributed by atoms with Crippen molar-refractivity contribution in [3.05, 3.63) is 0 Å². The molecule has 1 rings (SSSR count). The summed E-state index contributed by atoms with van der Waals surface area (Å²) in [5.41, 5.74) is 2.87. The number of nitrogens with zero attached hydrogens (tertiary/aromatic N) is 1. The van der Waals surface area contributed by atoms with E-state index in [-0.39, 0.29) is 5.91 Å². The fourth-order valence-corrected chi connectivity index (χ4v) is 1.38. The zero-order valence-electron chi connectivity index (χ0n) is 9.58. The quantitative estimate of drug-likeness (QED) is 0.663. The van der Waals surface area contributed by atoms with E-state index in [0.717, 1.165) is 19.6 Å². The number of morpholine rings is 1. The van der Waals surface area contributed by atoms with Crippen LogP contribution in [0, 0.1) is 0 Å². The standard InChI is InChI=1S/C10H21N3O2/c1-9(2)11-4-3-10(14)12-13-5-7-15-8-6-13/h9,11H,3-8H2,1-2H3,(H,12,14). The van der Waals surface area contributed by atoms with E-state index in [2.05, 4.69) is 24.6 Å². The fourth-order valence-electron chi connectivity index (χ4n) is 1.38. The van der Waals surface area contributed by atoms with Gasteiger partial charge in [-0.05, 0) is 0 Å². The van der Waals surface area contributed by atoms with Gasteiger partial charge >= 0.3 is 0 Å². The van der Waals surface area contributed by atoms with Gasteiger partial charge in [-0.1, -0.05) is 13.8 Å². The Morgan fingerprint density at radius 2 is 2.07 bits per heavy atom. The van der Waals surface area contributed by atoms with Crippen LogP contribution in [0.15, 0.2) is 0 Å². The third-order valence-corrected chi connectivity index (χ3v) is 2.20. The Morgan fingerprint density at radius 1 is 1.40 bits per heavy atom. The first-order valence-corrected chi connectivity index (χ1v) is 5.54. The number of carbonyl (C=O) groups is 1. The molecule has 1 aliphatic heterocycles. The number of amides is 1. The molecule has 0 unspecified atom stereocenters. The Balaban J connectivity index is 2.06. The van der Waals surface area contributed by atoms with Crippen LogP contribution in [0.2, 0.25) is 0 Å². The second kappa shape index (κ2) is 6.76. The molecule has 0 saturated carbocycles. The summed E-state index contributed by atoms with van der Waals surface area (Å²) < 4.78 is 5.19. The van der Waals surface area contributed by atoms with Crippen molar-refractivity contribution in [3.8, 4) is 0 Å². The van der Waals surface area contributed by atoms with Crippen molar-refractivity contribution in [2.24, 2.45) is 0 Å². The maximum atomic E-state index is 11.5. The molecule has 0 aromatic heterocycles. The third-order valence-electron chi connectivity index (χ3n) is 2.20. The Kier molecular flexibility index (Phi) is 5.60. The van der Waals surface area contributed by atoms with E-state index in [1.165, 1.54) is 0 Å². The average Bonchev–Trinajstić information content (AvgIpc) is 2.18. The molecule has 0 bridgehead atoms. The average molecular weight is 215 g/mol. The minimum atomic E-state index is 0.0741. The van der Waals surface area contributed by atoms with Gasteiger partial charge in [0.15, 0.2) is 0 Å².